The first-order chi connectivity index (χ1) is 19.8. The molecular weight excluding hydrogens is 560 g/mol. The van der Waals surface area contributed by atoms with E-state index in [0.29, 0.717) is 24.2 Å². The summed E-state index contributed by atoms with van der Waals surface area (Å²) >= 11 is 1.64. The van der Waals surface area contributed by atoms with Crippen molar-refractivity contribution in [1.82, 2.24) is 19.9 Å². The first-order valence-electron chi connectivity index (χ1n) is 14.5. The standard InChI is InChI=1S/C30H33FN6O2S2/c1-17-25(29-36-27-24(40-29)12-13-32-26(27)20-5-6-20)28(37-30(34-17)33-15-18-2-3-18)35-22-9-4-19(14-22)16-41(38,39)23-10-7-21(31)8-11-23/h7-8,10-13,18-20,22H,2-6,9,14-16H2,1H3,(H2,33,34,35,37). The van der Waals surface area contributed by atoms with E-state index in [0.717, 1.165) is 70.2 Å². The Morgan fingerprint density at radius 1 is 0.976 bits per heavy atom. The zero-order valence-electron chi connectivity index (χ0n) is 22.9. The van der Waals surface area contributed by atoms with Crippen molar-refractivity contribution in [3.8, 4) is 10.6 Å². The lowest BCUT2D eigenvalue weighted by Crippen LogP contribution is -2.21. The van der Waals surface area contributed by atoms with Gasteiger partial charge in [-0.1, -0.05) is 0 Å². The number of rotatable bonds is 10. The van der Waals surface area contributed by atoms with Crippen molar-refractivity contribution in [3.63, 3.8) is 0 Å². The molecule has 3 aliphatic carbocycles. The van der Waals surface area contributed by atoms with Crippen LogP contribution in [0.3, 0.4) is 0 Å². The third-order valence-corrected chi connectivity index (χ3v) is 11.3. The molecule has 0 amide bonds. The number of nitrogens with one attached hydrogen (secondary N) is 2. The largest absolute Gasteiger partial charge is 0.367 e. The van der Waals surface area contributed by atoms with Crippen LogP contribution >= 0.6 is 11.3 Å². The molecule has 2 unspecified atom stereocenters. The molecule has 3 aliphatic rings. The number of pyridine rings is 1. The molecule has 8 nitrogen and oxygen atoms in total. The molecule has 0 saturated heterocycles. The van der Waals surface area contributed by atoms with E-state index in [1.165, 1.54) is 37.1 Å². The number of aromatic nitrogens is 4. The Hall–Kier alpha value is -3.18. The molecule has 4 aromatic rings. The quantitative estimate of drug-likeness (QED) is 0.205. The minimum Gasteiger partial charge on any atom is -0.367 e. The van der Waals surface area contributed by atoms with Crippen molar-refractivity contribution < 1.29 is 12.8 Å². The summed E-state index contributed by atoms with van der Waals surface area (Å²) in [5, 5.41) is 7.95. The second kappa shape index (κ2) is 10.6. The van der Waals surface area contributed by atoms with Crippen LogP contribution in [0.4, 0.5) is 16.2 Å². The average Bonchev–Trinajstić information content (AvgIpc) is 3.87. The van der Waals surface area contributed by atoms with Gasteiger partial charge in [0.15, 0.2) is 9.84 Å². The van der Waals surface area contributed by atoms with Crippen LogP contribution in [0, 0.1) is 24.6 Å². The molecule has 3 saturated carbocycles. The van der Waals surface area contributed by atoms with Crippen molar-refractivity contribution in [2.45, 2.75) is 68.7 Å². The van der Waals surface area contributed by atoms with Crippen molar-refractivity contribution in [2.75, 3.05) is 22.9 Å². The van der Waals surface area contributed by atoms with Crippen molar-refractivity contribution in [2.24, 2.45) is 11.8 Å². The molecule has 0 aliphatic heterocycles. The summed E-state index contributed by atoms with van der Waals surface area (Å²) < 4.78 is 40.5. The molecule has 7 rings (SSSR count). The maximum atomic E-state index is 13.3. The smallest absolute Gasteiger partial charge is 0.224 e. The lowest BCUT2D eigenvalue weighted by molar-refractivity contribution is 0.555. The van der Waals surface area contributed by atoms with E-state index in [9.17, 15) is 12.8 Å². The minimum absolute atomic E-state index is 0.0102. The molecule has 0 bridgehead atoms. The Labute approximate surface area is 243 Å². The van der Waals surface area contributed by atoms with E-state index in [1.807, 2.05) is 19.2 Å². The van der Waals surface area contributed by atoms with Crippen LogP contribution in [0.25, 0.3) is 20.8 Å². The van der Waals surface area contributed by atoms with Crippen LogP contribution in [-0.4, -0.2) is 46.7 Å². The van der Waals surface area contributed by atoms with Gasteiger partial charge in [0.1, 0.15) is 22.2 Å². The fourth-order valence-corrected chi connectivity index (χ4v) is 8.54. The van der Waals surface area contributed by atoms with Gasteiger partial charge in [0.2, 0.25) is 5.95 Å². The Morgan fingerprint density at radius 3 is 2.51 bits per heavy atom. The fraction of sp³-hybridized carbons (Fsp3) is 0.467. The lowest BCUT2D eigenvalue weighted by Gasteiger charge is -2.18. The molecule has 1 aromatic carbocycles. The molecule has 3 aromatic heterocycles. The number of benzene rings is 1. The van der Waals surface area contributed by atoms with Gasteiger partial charge in [-0.25, -0.2) is 22.8 Å². The summed E-state index contributed by atoms with van der Waals surface area (Å²) in [5.41, 5.74) is 3.81. The van der Waals surface area contributed by atoms with Crippen LogP contribution in [-0.2, 0) is 9.84 Å². The van der Waals surface area contributed by atoms with Crippen LogP contribution in [0.1, 0.15) is 62.3 Å². The van der Waals surface area contributed by atoms with Crippen LogP contribution in [0.5, 0.6) is 0 Å². The van der Waals surface area contributed by atoms with Crippen molar-refractivity contribution >= 4 is 43.2 Å². The average molecular weight is 593 g/mol. The highest BCUT2D eigenvalue weighted by Crippen LogP contribution is 2.44. The first-order valence-corrected chi connectivity index (χ1v) is 16.9. The predicted octanol–water partition coefficient (Wildman–Crippen LogP) is 6.35. The molecule has 2 atom stereocenters. The van der Waals surface area contributed by atoms with E-state index in [-0.39, 0.29) is 22.6 Å². The van der Waals surface area contributed by atoms with Gasteiger partial charge in [0.05, 0.1) is 32.3 Å². The third-order valence-electron chi connectivity index (χ3n) is 8.36. The summed E-state index contributed by atoms with van der Waals surface area (Å²) in [4.78, 5) is 19.6. The van der Waals surface area contributed by atoms with Gasteiger partial charge in [-0.3, -0.25) is 4.98 Å². The van der Waals surface area contributed by atoms with E-state index in [4.69, 9.17) is 15.0 Å². The zero-order chi connectivity index (χ0) is 28.1. The summed E-state index contributed by atoms with van der Waals surface area (Å²) in [5.74, 6) is 2.15. The summed E-state index contributed by atoms with van der Waals surface area (Å²) in [6.45, 7) is 2.87. The highest BCUT2D eigenvalue weighted by Gasteiger charge is 2.32. The van der Waals surface area contributed by atoms with Gasteiger partial charge in [0, 0.05) is 24.7 Å². The monoisotopic (exact) mass is 592 g/mol. The van der Waals surface area contributed by atoms with Crippen LogP contribution in [0.15, 0.2) is 41.4 Å². The number of hydrogen-bond acceptors (Lipinski definition) is 9. The second-order valence-corrected chi connectivity index (χ2v) is 14.8. The number of nitrogens with zero attached hydrogens (tertiary/aromatic N) is 4. The van der Waals surface area contributed by atoms with Crippen molar-refractivity contribution in [3.05, 3.63) is 53.7 Å². The molecule has 3 fully saturated rings. The van der Waals surface area contributed by atoms with Gasteiger partial charge in [-0.05, 0) is 94.0 Å². The fourth-order valence-electron chi connectivity index (χ4n) is 5.81. The number of hydrogen-bond donors (Lipinski definition) is 2. The van der Waals surface area contributed by atoms with Crippen LogP contribution < -0.4 is 10.6 Å². The van der Waals surface area contributed by atoms with E-state index in [1.54, 1.807) is 11.3 Å². The number of sulfone groups is 1. The number of fused-ring (bicyclic) bond motifs is 1. The van der Waals surface area contributed by atoms with Gasteiger partial charge in [-0.15, -0.1) is 11.3 Å². The predicted molar refractivity (Wildman–Crippen MR) is 160 cm³/mol. The van der Waals surface area contributed by atoms with Crippen molar-refractivity contribution in [1.29, 1.82) is 0 Å². The maximum absolute atomic E-state index is 13.3. The van der Waals surface area contributed by atoms with Gasteiger partial charge in [-0.2, -0.15) is 4.98 Å². The summed E-state index contributed by atoms with van der Waals surface area (Å²) in [7, 11) is -3.50. The molecular formula is C30H33FN6O2S2. The van der Waals surface area contributed by atoms with Gasteiger partial charge >= 0.3 is 0 Å². The summed E-state index contributed by atoms with van der Waals surface area (Å²) in [6.07, 6.45) is 9.02. The van der Waals surface area contributed by atoms with E-state index in [2.05, 4.69) is 15.6 Å². The number of aryl methyl sites for hydroxylation is 1. The molecule has 41 heavy (non-hydrogen) atoms. The Morgan fingerprint density at radius 2 is 1.76 bits per heavy atom. The normalized spacial score (nSPS) is 20.9. The summed E-state index contributed by atoms with van der Waals surface area (Å²) in [6, 6.07) is 7.20. The number of halogens is 1. The minimum atomic E-state index is -3.50. The molecule has 0 radical (unpaired) electrons. The van der Waals surface area contributed by atoms with Gasteiger partial charge < -0.3 is 10.6 Å². The third kappa shape index (κ3) is 5.79. The Bertz CT molecular complexity index is 1700. The Balaban J connectivity index is 1.15. The number of thiazole rings is 1. The lowest BCUT2D eigenvalue weighted by atomic mass is 10.1. The van der Waals surface area contributed by atoms with Gasteiger partial charge in [0.25, 0.3) is 0 Å². The Kier molecular flexibility index (Phi) is 6.89. The van der Waals surface area contributed by atoms with Crippen LogP contribution in [0.2, 0.25) is 0 Å². The highest BCUT2D eigenvalue weighted by molar-refractivity contribution is 7.91. The second-order valence-electron chi connectivity index (χ2n) is 11.8. The van der Waals surface area contributed by atoms with E-state index >= 15 is 0 Å². The molecule has 11 heteroatoms. The molecule has 3 heterocycles. The molecule has 0 spiro atoms. The topological polar surface area (TPSA) is 110 Å². The SMILES string of the molecule is Cc1nc(NCC2CC2)nc(NC2CCC(CS(=O)(=O)c3ccc(F)cc3)C2)c1-c1nc2c(C3CC3)nccc2s1. The molecule has 214 valence electrons. The highest BCUT2D eigenvalue weighted by atomic mass is 32.2. The zero-order valence-corrected chi connectivity index (χ0v) is 24.6. The first kappa shape index (κ1) is 26.7. The van der Waals surface area contributed by atoms with E-state index < -0.39 is 15.7 Å². The molecule has 2 N–H and O–H groups in total. The maximum Gasteiger partial charge on any atom is 0.224 e. The number of anilines is 2.